The van der Waals surface area contributed by atoms with Crippen LogP contribution in [0, 0.1) is 5.92 Å². The van der Waals surface area contributed by atoms with E-state index in [0.717, 1.165) is 22.6 Å². The number of fused-ring (bicyclic) bond motifs is 1. The van der Waals surface area contributed by atoms with Gasteiger partial charge in [0.25, 0.3) is 0 Å². The van der Waals surface area contributed by atoms with E-state index < -0.39 is 0 Å². The Morgan fingerprint density at radius 1 is 1.19 bits per heavy atom. The van der Waals surface area contributed by atoms with Gasteiger partial charge in [-0.2, -0.15) is 0 Å². The van der Waals surface area contributed by atoms with Gasteiger partial charge in [0.05, 0.1) is 24.1 Å². The number of carbonyl (C=O) groups is 1. The third-order valence-corrected chi connectivity index (χ3v) is 4.42. The smallest absolute Gasteiger partial charge is 0.220 e. The molecule has 1 amide bonds. The Kier molecular flexibility index (Phi) is 6.35. The molecule has 0 aliphatic heterocycles. The van der Waals surface area contributed by atoms with Crippen molar-refractivity contribution >= 4 is 28.5 Å². The van der Waals surface area contributed by atoms with E-state index >= 15 is 0 Å². The Bertz CT molecular complexity index is 903. The van der Waals surface area contributed by atoms with Gasteiger partial charge in [-0.15, -0.1) is 0 Å². The maximum atomic E-state index is 12.0. The summed E-state index contributed by atoms with van der Waals surface area (Å²) in [6.45, 7) is 5.60. The van der Waals surface area contributed by atoms with Gasteiger partial charge in [-0.3, -0.25) is 4.79 Å². The average Bonchev–Trinajstić information content (AvgIpc) is 2.99. The maximum absolute atomic E-state index is 12.0. The summed E-state index contributed by atoms with van der Waals surface area (Å²) in [6.07, 6.45) is 0.514. The van der Waals surface area contributed by atoms with Gasteiger partial charge < -0.3 is 14.6 Å². The number of aromatic nitrogens is 2. The lowest BCUT2D eigenvalue weighted by Gasteiger charge is -2.12. The summed E-state index contributed by atoms with van der Waals surface area (Å²) in [5.41, 5.74) is 1.95. The minimum atomic E-state index is 0.0426. The second-order valence-electron chi connectivity index (χ2n) is 6.85. The molecule has 2 aromatic carbocycles. The van der Waals surface area contributed by atoms with Gasteiger partial charge in [-0.25, -0.2) is 4.98 Å². The van der Waals surface area contributed by atoms with Crippen LogP contribution in [-0.4, -0.2) is 22.1 Å². The molecule has 0 atom stereocenters. The van der Waals surface area contributed by atoms with Crippen LogP contribution in [-0.2, 0) is 17.9 Å². The zero-order valence-electron chi connectivity index (χ0n) is 15.6. The largest absolute Gasteiger partial charge is 0.492 e. The summed E-state index contributed by atoms with van der Waals surface area (Å²) in [7, 11) is 0. The molecule has 0 fully saturated rings. The summed E-state index contributed by atoms with van der Waals surface area (Å²) in [5.74, 6) is 1.97. The highest BCUT2D eigenvalue weighted by Gasteiger charge is 2.12. The van der Waals surface area contributed by atoms with Gasteiger partial charge in [0.1, 0.15) is 18.2 Å². The Morgan fingerprint density at radius 2 is 1.93 bits per heavy atom. The Morgan fingerprint density at radius 3 is 2.67 bits per heavy atom. The quantitative estimate of drug-likeness (QED) is 0.624. The number of amides is 1. The van der Waals surface area contributed by atoms with E-state index in [0.29, 0.717) is 37.1 Å². The summed E-state index contributed by atoms with van der Waals surface area (Å²) < 4.78 is 7.92. The summed E-state index contributed by atoms with van der Waals surface area (Å²) in [6, 6.07) is 15.3. The molecule has 0 unspecified atom stereocenters. The maximum Gasteiger partial charge on any atom is 0.220 e. The number of ether oxygens (including phenoxy) is 1. The van der Waals surface area contributed by atoms with Crippen molar-refractivity contribution in [3.05, 3.63) is 59.4 Å². The first-order valence-electron chi connectivity index (χ1n) is 9.12. The number of hydrogen-bond acceptors (Lipinski definition) is 3. The predicted octanol–water partition coefficient (Wildman–Crippen LogP) is 4.43. The Labute approximate surface area is 164 Å². The van der Waals surface area contributed by atoms with Crippen molar-refractivity contribution in [2.24, 2.45) is 5.92 Å². The first-order valence-corrected chi connectivity index (χ1v) is 9.50. The summed E-state index contributed by atoms with van der Waals surface area (Å²) in [4.78, 5) is 16.7. The van der Waals surface area contributed by atoms with Crippen molar-refractivity contribution < 1.29 is 9.53 Å². The molecule has 0 radical (unpaired) electrons. The zero-order chi connectivity index (χ0) is 19.2. The third kappa shape index (κ3) is 5.23. The number of benzene rings is 2. The lowest BCUT2D eigenvalue weighted by molar-refractivity contribution is -0.122. The summed E-state index contributed by atoms with van der Waals surface area (Å²) >= 11 is 5.90. The van der Waals surface area contributed by atoms with Crippen LogP contribution in [0.1, 0.15) is 26.1 Å². The van der Waals surface area contributed by atoms with E-state index in [9.17, 15) is 4.79 Å². The number of nitrogens with zero attached hydrogens (tertiary/aromatic N) is 2. The van der Waals surface area contributed by atoms with Crippen LogP contribution >= 0.6 is 11.6 Å². The van der Waals surface area contributed by atoms with Crippen molar-refractivity contribution in [3.8, 4) is 5.75 Å². The number of para-hydroxylation sites is 2. The summed E-state index contributed by atoms with van der Waals surface area (Å²) in [5, 5.41) is 3.65. The van der Waals surface area contributed by atoms with Crippen LogP contribution in [0.25, 0.3) is 11.0 Å². The normalized spacial score (nSPS) is 11.1. The zero-order valence-corrected chi connectivity index (χ0v) is 16.4. The highest BCUT2D eigenvalue weighted by Crippen LogP contribution is 2.18. The number of carbonyl (C=O) groups excluding carboxylic acids is 1. The second kappa shape index (κ2) is 8.91. The Hall–Kier alpha value is -2.53. The molecular formula is C21H24ClN3O2. The van der Waals surface area contributed by atoms with Gasteiger partial charge in [0.2, 0.25) is 5.91 Å². The number of nitrogens with one attached hydrogen (secondary N) is 1. The number of halogens is 1. The molecule has 3 aromatic rings. The van der Waals surface area contributed by atoms with Crippen LogP contribution in [0.4, 0.5) is 0 Å². The minimum absolute atomic E-state index is 0.0426. The third-order valence-electron chi connectivity index (χ3n) is 4.17. The van der Waals surface area contributed by atoms with Gasteiger partial charge in [0.15, 0.2) is 0 Å². The first kappa shape index (κ1) is 19.2. The fraction of sp³-hybridized carbons (Fsp3) is 0.333. The van der Waals surface area contributed by atoms with E-state index in [1.54, 1.807) is 12.1 Å². The van der Waals surface area contributed by atoms with E-state index in [4.69, 9.17) is 16.3 Å². The van der Waals surface area contributed by atoms with Crippen LogP contribution in [0.5, 0.6) is 5.75 Å². The Balaban J connectivity index is 1.70. The molecular weight excluding hydrogens is 362 g/mol. The van der Waals surface area contributed by atoms with Crippen molar-refractivity contribution in [2.45, 2.75) is 33.4 Å². The highest BCUT2D eigenvalue weighted by atomic mass is 35.5. The fourth-order valence-corrected chi connectivity index (χ4v) is 3.04. The standard InChI is InChI=1S/C21H24ClN3O2/c1-15(2)13-21(26)23-14-20-24-18-5-3-4-6-19(18)25(20)11-12-27-17-9-7-16(22)8-10-17/h3-10,15H,11-14H2,1-2H3,(H,23,26). The molecule has 0 saturated carbocycles. The number of hydrogen-bond donors (Lipinski definition) is 1. The van der Waals surface area contributed by atoms with Crippen molar-refractivity contribution in [2.75, 3.05) is 6.61 Å². The van der Waals surface area contributed by atoms with Crippen molar-refractivity contribution in [1.29, 1.82) is 0 Å². The van der Waals surface area contributed by atoms with E-state index in [1.165, 1.54) is 0 Å². The molecule has 6 heteroatoms. The van der Waals surface area contributed by atoms with Crippen LogP contribution in [0.3, 0.4) is 0 Å². The lowest BCUT2D eigenvalue weighted by Crippen LogP contribution is -2.26. The molecule has 27 heavy (non-hydrogen) atoms. The highest BCUT2D eigenvalue weighted by molar-refractivity contribution is 6.30. The molecule has 0 aliphatic carbocycles. The van der Waals surface area contributed by atoms with Crippen molar-refractivity contribution in [3.63, 3.8) is 0 Å². The average molecular weight is 386 g/mol. The molecule has 1 N–H and O–H groups in total. The molecule has 3 rings (SSSR count). The van der Waals surface area contributed by atoms with E-state index in [-0.39, 0.29) is 5.91 Å². The van der Waals surface area contributed by atoms with Crippen LogP contribution in [0.15, 0.2) is 48.5 Å². The number of rotatable bonds is 8. The molecule has 1 aromatic heterocycles. The molecule has 5 nitrogen and oxygen atoms in total. The SMILES string of the molecule is CC(C)CC(=O)NCc1nc2ccccc2n1CCOc1ccc(Cl)cc1. The molecule has 0 saturated heterocycles. The van der Waals surface area contributed by atoms with E-state index in [2.05, 4.69) is 14.9 Å². The van der Waals surface area contributed by atoms with Gasteiger partial charge in [0, 0.05) is 11.4 Å². The minimum Gasteiger partial charge on any atom is -0.492 e. The van der Waals surface area contributed by atoms with Crippen LogP contribution < -0.4 is 10.1 Å². The van der Waals surface area contributed by atoms with Gasteiger partial charge in [-0.1, -0.05) is 37.6 Å². The molecule has 142 valence electrons. The van der Waals surface area contributed by atoms with Gasteiger partial charge >= 0.3 is 0 Å². The van der Waals surface area contributed by atoms with E-state index in [1.807, 2.05) is 50.2 Å². The van der Waals surface area contributed by atoms with Gasteiger partial charge in [-0.05, 0) is 42.3 Å². The molecule has 0 bridgehead atoms. The molecule has 0 spiro atoms. The topological polar surface area (TPSA) is 56.2 Å². The number of imidazole rings is 1. The van der Waals surface area contributed by atoms with Crippen molar-refractivity contribution in [1.82, 2.24) is 14.9 Å². The molecule has 1 heterocycles. The first-order chi connectivity index (χ1) is 13.0. The lowest BCUT2D eigenvalue weighted by atomic mass is 10.1. The monoisotopic (exact) mass is 385 g/mol. The van der Waals surface area contributed by atoms with Crippen LogP contribution in [0.2, 0.25) is 5.02 Å². The fourth-order valence-electron chi connectivity index (χ4n) is 2.92. The predicted molar refractivity (Wildman–Crippen MR) is 108 cm³/mol. The second-order valence-corrected chi connectivity index (χ2v) is 7.28. The molecule has 0 aliphatic rings.